The summed E-state index contributed by atoms with van der Waals surface area (Å²) in [5, 5.41) is 0.967. The van der Waals surface area contributed by atoms with Gasteiger partial charge in [0.2, 0.25) is 0 Å². The summed E-state index contributed by atoms with van der Waals surface area (Å²) in [7, 11) is 0. The summed E-state index contributed by atoms with van der Waals surface area (Å²) in [5.74, 6) is 0.936. The Morgan fingerprint density at radius 1 is 1.21 bits per heavy atom. The van der Waals surface area contributed by atoms with Crippen molar-refractivity contribution in [2.75, 3.05) is 13.2 Å². The van der Waals surface area contributed by atoms with Gasteiger partial charge < -0.3 is 14.6 Å². The molecule has 1 heterocycles. The summed E-state index contributed by atoms with van der Waals surface area (Å²) in [6.45, 7) is 6.60. The van der Waals surface area contributed by atoms with Gasteiger partial charge in [0.25, 0.3) is 11.5 Å². The van der Waals surface area contributed by atoms with Gasteiger partial charge in [-0.2, -0.15) is 0 Å². The molecule has 0 aliphatic rings. The molecule has 1 aromatic heterocycles. The normalized spacial score (nSPS) is 10.9. The molecule has 0 aliphatic carbocycles. The highest BCUT2D eigenvalue weighted by Crippen LogP contribution is 2.19. The lowest BCUT2D eigenvalue weighted by Crippen LogP contribution is -2.36. The minimum absolute atomic E-state index is 0.0759. The monoisotopic (exact) mass is 413 g/mol. The number of benzene rings is 2. The smallest absolute Gasteiger partial charge is 0.260 e. The van der Waals surface area contributed by atoms with E-state index in [4.69, 9.17) is 16.3 Å². The van der Waals surface area contributed by atoms with Gasteiger partial charge in [0, 0.05) is 11.6 Å². The first-order valence-electron chi connectivity index (χ1n) is 9.53. The number of aryl methyl sites for hydroxylation is 2. The van der Waals surface area contributed by atoms with E-state index in [2.05, 4.69) is 9.97 Å². The van der Waals surface area contributed by atoms with Gasteiger partial charge in [0.1, 0.15) is 11.6 Å². The van der Waals surface area contributed by atoms with E-state index < -0.39 is 0 Å². The van der Waals surface area contributed by atoms with Crippen molar-refractivity contribution in [3.8, 4) is 5.75 Å². The van der Waals surface area contributed by atoms with Crippen LogP contribution in [0, 0.1) is 13.8 Å². The minimum Gasteiger partial charge on any atom is -0.484 e. The predicted octanol–water partition coefficient (Wildman–Crippen LogP) is 4.01. The highest BCUT2D eigenvalue weighted by atomic mass is 35.5. The lowest BCUT2D eigenvalue weighted by atomic mass is 10.1. The number of aromatic nitrogens is 2. The topological polar surface area (TPSA) is 75.3 Å². The molecule has 29 heavy (non-hydrogen) atoms. The van der Waals surface area contributed by atoms with Crippen LogP contribution in [0.2, 0.25) is 5.02 Å². The van der Waals surface area contributed by atoms with E-state index in [0.717, 1.165) is 17.5 Å². The maximum atomic E-state index is 12.8. The molecule has 6 nitrogen and oxygen atoms in total. The van der Waals surface area contributed by atoms with E-state index in [1.165, 1.54) is 0 Å². The maximum Gasteiger partial charge on any atom is 0.260 e. The van der Waals surface area contributed by atoms with Gasteiger partial charge >= 0.3 is 0 Å². The molecule has 0 aliphatic heterocycles. The largest absolute Gasteiger partial charge is 0.484 e. The molecule has 1 amide bonds. The van der Waals surface area contributed by atoms with E-state index >= 15 is 0 Å². The predicted molar refractivity (Wildman–Crippen MR) is 114 cm³/mol. The van der Waals surface area contributed by atoms with Gasteiger partial charge in [-0.3, -0.25) is 9.59 Å². The molecule has 0 fully saturated rings. The first kappa shape index (κ1) is 20.9. The number of carbonyl (C=O) groups is 1. The van der Waals surface area contributed by atoms with E-state index in [-0.39, 0.29) is 24.6 Å². The quantitative estimate of drug-likeness (QED) is 0.635. The average Bonchev–Trinajstić information content (AvgIpc) is 2.66. The summed E-state index contributed by atoms with van der Waals surface area (Å²) in [5.41, 5.74) is 2.38. The van der Waals surface area contributed by atoms with Crippen molar-refractivity contribution in [1.29, 1.82) is 0 Å². The highest BCUT2D eigenvalue weighted by molar-refractivity contribution is 6.31. The van der Waals surface area contributed by atoms with Crippen molar-refractivity contribution in [2.24, 2.45) is 0 Å². The SMILES string of the molecule is CCCN(Cc1nc2cc(Cl)ccc2c(=O)[nH]1)C(=O)COc1ccc(C)cc1C. The molecular weight excluding hydrogens is 390 g/mol. The highest BCUT2D eigenvalue weighted by Gasteiger charge is 2.16. The molecule has 0 atom stereocenters. The second-order valence-corrected chi connectivity index (χ2v) is 7.48. The molecule has 7 heteroatoms. The van der Waals surface area contributed by atoms with Crippen molar-refractivity contribution in [3.05, 3.63) is 68.7 Å². The number of fused-ring (bicyclic) bond motifs is 1. The number of H-pyrrole nitrogens is 1. The molecule has 0 radical (unpaired) electrons. The molecule has 3 aromatic rings. The van der Waals surface area contributed by atoms with Crippen molar-refractivity contribution < 1.29 is 9.53 Å². The van der Waals surface area contributed by atoms with Gasteiger partial charge in [-0.1, -0.05) is 36.2 Å². The van der Waals surface area contributed by atoms with E-state index in [9.17, 15) is 9.59 Å². The average molecular weight is 414 g/mol. The number of carbonyl (C=O) groups excluding carboxylic acids is 1. The fraction of sp³-hybridized carbons (Fsp3) is 0.318. The molecular formula is C22H24ClN3O3. The first-order chi connectivity index (χ1) is 13.9. The van der Waals surface area contributed by atoms with Gasteiger partial charge in [-0.15, -0.1) is 0 Å². The Hall–Kier alpha value is -2.86. The van der Waals surface area contributed by atoms with Crippen LogP contribution >= 0.6 is 11.6 Å². The first-order valence-corrected chi connectivity index (χ1v) is 9.91. The lowest BCUT2D eigenvalue weighted by molar-refractivity contribution is -0.134. The van der Waals surface area contributed by atoms with Crippen molar-refractivity contribution in [1.82, 2.24) is 14.9 Å². The van der Waals surface area contributed by atoms with E-state index in [0.29, 0.717) is 34.0 Å². The molecule has 2 aromatic carbocycles. The van der Waals surface area contributed by atoms with Crippen molar-refractivity contribution >= 4 is 28.4 Å². The van der Waals surface area contributed by atoms with Crippen molar-refractivity contribution in [2.45, 2.75) is 33.7 Å². The van der Waals surface area contributed by atoms with E-state index in [1.54, 1.807) is 23.1 Å². The van der Waals surface area contributed by atoms with Gasteiger partial charge in [0.05, 0.1) is 17.4 Å². The zero-order valence-corrected chi connectivity index (χ0v) is 17.5. The standard InChI is InChI=1S/C22H24ClN3O3/c1-4-9-26(21(27)13-29-19-8-5-14(2)10-15(19)3)12-20-24-18-11-16(23)6-7-17(18)22(28)25-20/h5-8,10-11H,4,9,12-13H2,1-3H3,(H,24,25,28). The number of rotatable bonds is 7. The number of hydrogen-bond acceptors (Lipinski definition) is 4. The number of amides is 1. The third-order valence-electron chi connectivity index (χ3n) is 4.59. The number of ether oxygens (including phenoxy) is 1. The summed E-state index contributed by atoms with van der Waals surface area (Å²) >= 11 is 6.02. The Morgan fingerprint density at radius 3 is 2.72 bits per heavy atom. The zero-order chi connectivity index (χ0) is 21.0. The number of nitrogens with zero attached hydrogens (tertiary/aromatic N) is 2. The number of halogens is 1. The number of hydrogen-bond donors (Lipinski definition) is 1. The van der Waals surface area contributed by atoms with Crippen LogP contribution in [0.15, 0.2) is 41.2 Å². The minimum atomic E-state index is -0.253. The van der Waals surface area contributed by atoms with Crippen LogP contribution in [0.25, 0.3) is 10.9 Å². The molecule has 0 saturated heterocycles. The Morgan fingerprint density at radius 2 is 2.00 bits per heavy atom. The summed E-state index contributed by atoms with van der Waals surface area (Å²) in [6.07, 6.45) is 0.777. The molecule has 0 spiro atoms. The molecule has 1 N–H and O–H groups in total. The summed E-state index contributed by atoms with van der Waals surface area (Å²) < 4.78 is 5.73. The Labute approximate surface area is 174 Å². The van der Waals surface area contributed by atoms with Crippen LogP contribution in [0.4, 0.5) is 0 Å². The van der Waals surface area contributed by atoms with Crippen LogP contribution in [-0.4, -0.2) is 33.9 Å². The van der Waals surface area contributed by atoms with Crippen LogP contribution < -0.4 is 10.3 Å². The molecule has 152 valence electrons. The lowest BCUT2D eigenvalue weighted by Gasteiger charge is -2.22. The van der Waals surface area contributed by atoms with Crippen LogP contribution in [0.1, 0.15) is 30.3 Å². The Balaban J connectivity index is 1.76. The third kappa shape index (κ3) is 5.15. The van der Waals surface area contributed by atoms with Crippen LogP contribution in [-0.2, 0) is 11.3 Å². The second-order valence-electron chi connectivity index (χ2n) is 7.05. The fourth-order valence-electron chi connectivity index (χ4n) is 3.17. The molecule has 0 unspecified atom stereocenters. The summed E-state index contributed by atoms with van der Waals surface area (Å²) in [6, 6.07) is 10.8. The Kier molecular flexibility index (Phi) is 6.54. The van der Waals surface area contributed by atoms with Gasteiger partial charge in [-0.05, 0) is 50.1 Å². The number of aromatic amines is 1. The second kappa shape index (κ2) is 9.09. The van der Waals surface area contributed by atoms with Crippen LogP contribution in [0.3, 0.4) is 0 Å². The fourth-order valence-corrected chi connectivity index (χ4v) is 3.34. The molecule has 3 rings (SSSR count). The van der Waals surface area contributed by atoms with E-state index in [1.807, 2.05) is 39.0 Å². The Bertz CT molecular complexity index is 1090. The third-order valence-corrected chi connectivity index (χ3v) is 4.82. The summed E-state index contributed by atoms with van der Waals surface area (Å²) in [4.78, 5) is 33.9. The van der Waals surface area contributed by atoms with Crippen molar-refractivity contribution in [3.63, 3.8) is 0 Å². The van der Waals surface area contributed by atoms with Crippen LogP contribution in [0.5, 0.6) is 5.75 Å². The number of nitrogens with one attached hydrogen (secondary N) is 1. The van der Waals surface area contributed by atoms with Gasteiger partial charge in [-0.25, -0.2) is 4.98 Å². The maximum absolute atomic E-state index is 12.8. The molecule has 0 bridgehead atoms. The van der Waals surface area contributed by atoms with Gasteiger partial charge in [0.15, 0.2) is 6.61 Å². The zero-order valence-electron chi connectivity index (χ0n) is 16.8. The molecule has 0 saturated carbocycles.